The molecule has 0 saturated carbocycles. The van der Waals surface area contributed by atoms with Crippen molar-refractivity contribution >= 4 is 45.8 Å². The van der Waals surface area contributed by atoms with Crippen LogP contribution in [0, 0.1) is 11.3 Å². The van der Waals surface area contributed by atoms with Crippen molar-refractivity contribution in [2.24, 2.45) is 0 Å². The fourth-order valence-corrected chi connectivity index (χ4v) is 5.23. The van der Waals surface area contributed by atoms with Gasteiger partial charge in [-0.1, -0.05) is 6.07 Å². The van der Waals surface area contributed by atoms with Crippen molar-refractivity contribution in [1.82, 2.24) is 4.90 Å². The zero-order valence-electron chi connectivity index (χ0n) is 15.4. The second kappa shape index (κ2) is 8.35. The fourth-order valence-electron chi connectivity index (χ4n) is 3.35. The number of nitrogens with one attached hydrogen (secondary N) is 1. The third kappa shape index (κ3) is 4.33. The van der Waals surface area contributed by atoms with E-state index in [1.54, 1.807) is 6.08 Å². The molecule has 4 rings (SSSR count). The van der Waals surface area contributed by atoms with Gasteiger partial charge in [-0.25, -0.2) is 9.18 Å². The highest BCUT2D eigenvalue weighted by Crippen LogP contribution is 2.38. The van der Waals surface area contributed by atoms with Gasteiger partial charge in [0.25, 0.3) is 0 Å². The molecule has 0 aromatic carbocycles. The molecule has 1 fully saturated rings. The summed E-state index contributed by atoms with van der Waals surface area (Å²) in [6.07, 6.45) is 3.11. The first-order valence-corrected chi connectivity index (χ1v) is 10.9. The Hall–Kier alpha value is -2.70. The predicted molar refractivity (Wildman–Crippen MR) is 110 cm³/mol. The lowest BCUT2D eigenvalue weighted by molar-refractivity contribution is -0.111. The molecule has 2 aromatic heterocycles. The molecule has 1 N–H and O–H groups in total. The lowest BCUT2D eigenvalue weighted by atomic mass is 9.94. The number of nitriles is 1. The molecule has 2 aromatic rings. The minimum Gasteiger partial charge on any atom is -0.446 e. The van der Waals surface area contributed by atoms with Crippen LogP contribution in [0.1, 0.15) is 27.3 Å². The van der Waals surface area contributed by atoms with Gasteiger partial charge in [-0.05, 0) is 35.9 Å². The number of carbonyl (C=O) groups excluding carboxylic acids is 2. The highest BCUT2D eigenvalue weighted by Gasteiger charge is 2.34. The molecule has 0 spiro atoms. The van der Waals surface area contributed by atoms with E-state index in [1.807, 2.05) is 17.5 Å². The molecule has 1 aliphatic heterocycles. The summed E-state index contributed by atoms with van der Waals surface area (Å²) in [7, 11) is 0. The van der Waals surface area contributed by atoms with E-state index in [9.17, 15) is 19.2 Å². The Bertz CT molecular complexity index is 988. The number of anilines is 1. The number of fused-ring (bicyclic) bond motifs is 1. The van der Waals surface area contributed by atoms with Gasteiger partial charge in [0.15, 0.2) is 0 Å². The first-order chi connectivity index (χ1) is 14.0. The van der Waals surface area contributed by atoms with Crippen LogP contribution in [0.2, 0.25) is 0 Å². The molecule has 2 amide bonds. The molecule has 1 atom stereocenters. The first kappa shape index (κ1) is 19.6. The van der Waals surface area contributed by atoms with Crippen LogP contribution in [-0.4, -0.2) is 42.3 Å². The normalized spacial score (nSPS) is 18.8. The Balaban J connectivity index is 1.41. The topological polar surface area (TPSA) is 82.4 Å². The van der Waals surface area contributed by atoms with Crippen LogP contribution < -0.4 is 5.32 Å². The molecule has 150 valence electrons. The number of rotatable bonds is 4. The highest BCUT2D eigenvalue weighted by molar-refractivity contribution is 7.16. The van der Waals surface area contributed by atoms with Crippen molar-refractivity contribution < 1.29 is 18.7 Å². The van der Waals surface area contributed by atoms with E-state index in [-0.39, 0.29) is 25.1 Å². The molecule has 1 unspecified atom stereocenters. The maximum Gasteiger partial charge on any atom is 0.410 e. The summed E-state index contributed by atoms with van der Waals surface area (Å²) in [5, 5.41) is 14.8. The van der Waals surface area contributed by atoms with Gasteiger partial charge in [-0.3, -0.25) is 4.79 Å². The van der Waals surface area contributed by atoms with Crippen LogP contribution in [-0.2, 0) is 22.4 Å². The van der Waals surface area contributed by atoms with Gasteiger partial charge in [0.2, 0.25) is 5.91 Å². The second-order valence-electron chi connectivity index (χ2n) is 6.91. The summed E-state index contributed by atoms with van der Waals surface area (Å²) in [4.78, 5) is 27.5. The zero-order chi connectivity index (χ0) is 20.4. The lowest BCUT2D eigenvalue weighted by Crippen LogP contribution is -2.52. The van der Waals surface area contributed by atoms with E-state index >= 15 is 0 Å². The van der Waals surface area contributed by atoms with Crippen LogP contribution in [0.15, 0.2) is 23.6 Å². The molecule has 0 bridgehead atoms. The summed E-state index contributed by atoms with van der Waals surface area (Å²) in [6.45, 7) is 0.174. The summed E-state index contributed by atoms with van der Waals surface area (Å²) in [5.74, 6) is -0.296. The molecule has 9 heteroatoms. The van der Waals surface area contributed by atoms with Crippen LogP contribution in [0.25, 0.3) is 6.08 Å². The lowest BCUT2D eigenvalue weighted by Gasteiger charge is -2.35. The average molecular weight is 432 g/mol. The van der Waals surface area contributed by atoms with E-state index in [2.05, 4.69) is 11.4 Å². The molecule has 29 heavy (non-hydrogen) atoms. The summed E-state index contributed by atoms with van der Waals surface area (Å²) in [5.41, 5.74) is 1.39. The second-order valence-corrected chi connectivity index (χ2v) is 8.99. The van der Waals surface area contributed by atoms with Crippen molar-refractivity contribution in [3.05, 3.63) is 44.5 Å². The van der Waals surface area contributed by atoms with E-state index in [0.717, 1.165) is 15.3 Å². The number of ether oxygens (including phenoxy) is 1. The Labute approximate surface area is 175 Å². The van der Waals surface area contributed by atoms with Crippen LogP contribution >= 0.6 is 22.7 Å². The van der Waals surface area contributed by atoms with Crippen LogP contribution in [0.4, 0.5) is 14.2 Å². The Morgan fingerprint density at radius 2 is 2.24 bits per heavy atom. The minimum absolute atomic E-state index is 0.0869. The van der Waals surface area contributed by atoms with E-state index < -0.39 is 12.3 Å². The van der Waals surface area contributed by atoms with Gasteiger partial charge >= 0.3 is 6.09 Å². The van der Waals surface area contributed by atoms with Crippen LogP contribution in [0.5, 0.6) is 0 Å². The van der Waals surface area contributed by atoms with E-state index in [4.69, 9.17) is 4.74 Å². The van der Waals surface area contributed by atoms with Crippen molar-refractivity contribution in [1.29, 1.82) is 5.26 Å². The van der Waals surface area contributed by atoms with Gasteiger partial charge in [-0.15, -0.1) is 22.7 Å². The molecule has 0 radical (unpaired) electrons. The third-order valence-corrected chi connectivity index (χ3v) is 6.88. The Morgan fingerprint density at radius 1 is 1.41 bits per heavy atom. The number of halogens is 1. The predicted octanol–water partition coefficient (Wildman–Crippen LogP) is 3.98. The number of amides is 2. The van der Waals surface area contributed by atoms with Crippen molar-refractivity contribution in [2.45, 2.75) is 31.5 Å². The number of hydrogen-bond donors (Lipinski definition) is 1. The SMILES string of the molecule is N#Cc1c(NC(=O)C=Cc2cccs2)sc2c1CCC(OC(=O)N1CC(F)C1)C2. The maximum atomic E-state index is 12.9. The fraction of sp³-hybridized carbons (Fsp3) is 0.350. The molecule has 1 aliphatic carbocycles. The van der Waals surface area contributed by atoms with Crippen molar-refractivity contribution in [2.75, 3.05) is 18.4 Å². The van der Waals surface area contributed by atoms with Crippen molar-refractivity contribution in [3.8, 4) is 6.07 Å². The quantitative estimate of drug-likeness (QED) is 0.743. The molecular weight excluding hydrogens is 413 g/mol. The van der Waals surface area contributed by atoms with E-state index in [1.165, 1.54) is 33.6 Å². The molecular formula is C20H18FN3O3S2. The third-order valence-electron chi connectivity index (χ3n) is 4.87. The average Bonchev–Trinajstić information content (AvgIpc) is 3.30. The smallest absolute Gasteiger partial charge is 0.410 e. The minimum atomic E-state index is -0.962. The van der Waals surface area contributed by atoms with E-state index in [0.29, 0.717) is 29.8 Å². The number of carbonyl (C=O) groups is 2. The monoisotopic (exact) mass is 431 g/mol. The van der Waals surface area contributed by atoms with Crippen LogP contribution in [0.3, 0.4) is 0 Å². The number of nitrogens with zero attached hydrogens (tertiary/aromatic N) is 2. The standard InChI is InChI=1S/C20H18FN3O3S2/c21-12-10-24(11-12)20(26)27-13-3-5-15-16(9-22)19(29-17(15)8-13)23-18(25)6-4-14-2-1-7-28-14/h1-2,4,6-7,12-13H,3,5,8,10-11H2,(H,23,25). The molecule has 1 saturated heterocycles. The van der Waals surface area contributed by atoms with Gasteiger partial charge < -0.3 is 15.0 Å². The summed E-state index contributed by atoms with van der Waals surface area (Å²) in [6, 6.07) is 6.01. The number of thiophene rings is 2. The number of alkyl halides is 1. The van der Waals surface area contributed by atoms with Gasteiger partial charge in [0.1, 0.15) is 23.3 Å². The zero-order valence-corrected chi connectivity index (χ0v) is 17.0. The van der Waals surface area contributed by atoms with Gasteiger partial charge in [-0.2, -0.15) is 5.26 Å². The van der Waals surface area contributed by atoms with Gasteiger partial charge in [0.05, 0.1) is 18.7 Å². The first-order valence-electron chi connectivity index (χ1n) is 9.20. The summed E-state index contributed by atoms with van der Waals surface area (Å²) >= 11 is 2.88. The number of hydrogen-bond acceptors (Lipinski definition) is 6. The number of likely N-dealkylation sites (tertiary alicyclic amines) is 1. The molecule has 2 aliphatic rings. The molecule has 6 nitrogen and oxygen atoms in total. The summed E-state index contributed by atoms with van der Waals surface area (Å²) < 4.78 is 18.4. The Kier molecular flexibility index (Phi) is 5.65. The molecule has 3 heterocycles. The van der Waals surface area contributed by atoms with Gasteiger partial charge in [0, 0.05) is 22.3 Å². The largest absolute Gasteiger partial charge is 0.446 e. The highest BCUT2D eigenvalue weighted by atomic mass is 32.1. The van der Waals surface area contributed by atoms with Crippen molar-refractivity contribution in [3.63, 3.8) is 0 Å². The maximum absolute atomic E-state index is 12.9. The Morgan fingerprint density at radius 3 is 2.93 bits per heavy atom.